The Labute approximate surface area is 160 Å². The molecular weight excluding hydrogens is 326 g/mol. The van der Waals surface area contributed by atoms with Gasteiger partial charge in [0.2, 0.25) is 5.69 Å². The average molecular weight is 350 g/mol. The number of aromatic nitrogens is 1. The van der Waals surface area contributed by atoms with E-state index >= 15 is 0 Å². The van der Waals surface area contributed by atoms with Gasteiger partial charge in [-0.3, -0.25) is 0 Å². The van der Waals surface area contributed by atoms with Gasteiger partial charge >= 0.3 is 0 Å². The normalized spacial score (nSPS) is 13.1. The van der Waals surface area contributed by atoms with Gasteiger partial charge in [-0.25, -0.2) is 4.57 Å². The summed E-state index contributed by atoms with van der Waals surface area (Å²) < 4.78 is 2.27. The molecule has 0 unspecified atom stereocenters. The lowest BCUT2D eigenvalue weighted by Crippen LogP contribution is -2.30. The molecule has 4 aromatic rings. The molecule has 0 fully saturated rings. The van der Waals surface area contributed by atoms with Crippen LogP contribution in [0.5, 0.6) is 0 Å². The van der Waals surface area contributed by atoms with Crippen molar-refractivity contribution >= 4 is 10.8 Å². The molecule has 132 valence electrons. The molecule has 3 aromatic carbocycles. The maximum absolute atomic E-state index is 2.44. The van der Waals surface area contributed by atoms with Crippen LogP contribution < -0.4 is 4.57 Å². The van der Waals surface area contributed by atoms with Crippen molar-refractivity contribution in [1.82, 2.24) is 0 Å². The van der Waals surface area contributed by atoms with Crippen LogP contribution in [0.3, 0.4) is 0 Å². The van der Waals surface area contributed by atoms with E-state index in [4.69, 9.17) is 0 Å². The highest BCUT2D eigenvalue weighted by Gasteiger charge is 2.21. The lowest BCUT2D eigenvalue weighted by molar-refractivity contribution is -0.659. The standard InChI is InChI=1S/C26H24N/c1-18-15-20-9-6-10-21(20)17-25(18)26-24-12-11-22(19-7-4-3-5-8-19)16-23(24)13-14-27(26)2/h3-5,7-8,11-17H,6,9-10H2,1-2H3/q+1. The fraction of sp³-hybridized carbons (Fsp3) is 0.192. The topological polar surface area (TPSA) is 3.88 Å². The first kappa shape index (κ1) is 16.3. The molecule has 0 atom stereocenters. The molecule has 1 heteroatoms. The fourth-order valence-corrected chi connectivity index (χ4v) is 4.52. The molecule has 0 spiro atoms. The number of fused-ring (bicyclic) bond motifs is 2. The van der Waals surface area contributed by atoms with Crippen molar-refractivity contribution in [3.63, 3.8) is 0 Å². The van der Waals surface area contributed by atoms with Gasteiger partial charge in [-0.2, -0.15) is 0 Å². The van der Waals surface area contributed by atoms with Crippen molar-refractivity contribution < 1.29 is 4.57 Å². The van der Waals surface area contributed by atoms with Gasteiger partial charge in [-0.1, -0.05) is 42.5 Å². The number of aryl methyl sites for hydroxylation is 4. The van der Waals surface area contributed by atoms with Crippen LogP contribution >= 0.6 is 0 Å². The van der Waals surface area contributed by atoms with Gasteiger partial charge in [0.25, 0.3) is 0 Å². The second-order valence-electron chi connectivity index (χ2n) is 7.73. The van der Waals surface area contributed by atoms with E-state index in [1.165, 1.54) is 63.5 Å². The van der Waals surface area contributed by atoms with E-state index in [9.17, 15) is 0 Å². The highest BCUT2D eigenvalue weighted by Crippen LogP contribution is 2.34. The molecule has 0 aliphatic heterocycles. The van der Waals surface area contributed by atoms with Crippen molar-refractivity contribution in [3.8, 4) is 22.4 Å². The number of hydrogen-bond acceptors (Lipinski definition) is 0. The summed E-state index contributed by atoms with van der Waals surface area (Å²) in [5.74, 6) is 0. The smallest absolute Gasteiger partial charge is 0.200 e. The number of benzene rings is 3. The Morgan fingerprint density at radius 2 is 1.56 bits per heavy atom. The minimum Gasteiger partial charge on any atom is -0.200 e. The van der Waals surface area contributed by atoms with Crippen molar-refractivity contribution in [2.75, 3.05) is 0 Å². The second kappa shape index (κ2) is 6.35. The number of nitrogens with zero attached hydrogens (tertiary/aromatic N) is 1. The van der Waals surface area contributed by atoms with Crippen LogP contribution in [0.15, 0.2) is 72.9 Å². The van der Waals surface area contributed by atoms with Crippen LogP contribution in [0, 0.1) is 6.92 Å². The molecule has 1 heterocycles. The number of pyridine rings is 1. The quantitative estimate of drug-likeness (QED) is 0.403. The Kier molecular flexibility index (Phi) is 3.82. The molecule has 1 aromatic heterocycles. The lowest BCUT2D eigenvalue weighted by atomic mass is 9.94. The largest absolute Gasteiger partial charge is 0.220 e. The molecule has 0 N–H and O–H groups in total. The van der Waals surface area contributed by atoms with E-state index < -0.39 is 0 Å². The minimum absolute atomic E-state index is 1.22. The van der Waals surface area contributed by atoms with E-state index in [1.807, 2.05) is 0 Å². The van der Waals surface area contributed by atoms with Crippen LogP contribution in [0.4, 0.5) is 0 Å². The minimum atomic E-state index is 1.22. The Hall–Kier alpha value is -2.93. The number of hydrogen-bond donors (Lipinski definition) is 0. The van der Waals surface area contributed by atoms with Crippen LogP contribution in [0.2, 0.25) is 0 Å². The van der Waals surface area contributed by atoms with Crippen molar-refractivity contribution in [2.24, 2.45) is 7.05 Å². The van der Waals surface area contributed by atoms with Crippen molar-refractivity contribution in [3.05, 3.63) is 89.6 Å². The Bertz CT molecular complexity index is 1160. The first-order valence-electron chi connectivity index (χ1n) is 9.81. The summed E-state index contributed by atoms with van der Waals surface area (Å²) in [5, 5.41) is 2.62. The predicted octanol–water partition coefficient (Wildman–Crippen LogP) is 5.80. The van der Waals surface area contributed by atoms with E-state index in [1.54, 1.807) is 5.56 Å². The Balaban J connectivity index is 1.72. The molecule has 0 bridgehead atoms. The summed E-state index contributed by atoms with van der Waals surface area (Å²) >= 11 is 0. The molecule has 27 heavy (non-hydrogen) atoms. The maximum Gasteiger partial charge on any atom is 0.220 e. The van der Waals surface area contributed by atoms with E-state index in [-0.39, 0.29) is 0 Å². The number of rotatable bonds is 2. The monoisotopic (exact) mass is 350 g/mol. The molecule has 0 radical (unpaired) electrons. The van der Waals surface area contributed by atoms with Gasteiger partial charge in [0.15, 0.2) is 6.20 Å². The van der Waals surface area contributed by atoms with Crippen LogP contribution in [0.1, 0.15) is 23.1 Å². The van der Waals surface area contributed by atoms with Gasteiger partial charge in [0, 0.05) is 11.6 Å². The zero-order valence-corrected chi connectivity index (χ0v) is 16.0. The van der Waals surface area contributed by atoms with Gasteiger partial charge in [0.1, 0.15) is 7.05 Å². The van der Waals surface area contributed by atoms with E-state index in [0.29, 0.717) is 0 Å². The molecule has 1 aliphatic rings. The van der Waals surface area contributed by atoms with E-state index in [2.05, 4.69) is 91.5 Å². The van der Waals surface area contributed by atoms with E-state index in [0.717, 1.165) is 0 Å². The first-order valence-corrected chi connectivity index (χ1v) is 9.81. The third-order valence-corrected chi connectivity index (χ3v) is 5.94. The Morgan fingerprint density at radius 3 is 2.37 bits per heavy atom. The lowest BCUT2D eigenvalue weighted by Gasteiger charge is -2.11. The second-order valence-corrected chi connectivity index (χ2v) is 7.73. The van der Waals surface area contributed by atoms with Crippen molar-refractivity contribution in [2.45, 2.75) is 26.2 Å². The van der Waals surface area contributed by atoms with Crippen LogP contribution in [-0.2, 0) is 19.9 Å². The summed E-state index contributed by atoms with van der Waals surface area (Å²) in [5.41, 5.74) is 9.69. The maximum atomic E-state index is 2.44. The molecule has 0 amide bonds. The molecule has 1 nitrogen and oxygen atoms in total. The summed E-state index contributed by atoms with van der Waals surface area (Å²) in [6, 6.07) is 24.6. The summed E-state index contributed by atoms with van der Waals surface area (Å²) in [6.45, 7) is 2.26. The average Bonchev–Trinajstić information content (AvgIpc) is 3.15. The molecule has 5 rings (SSSR count). The zero-order chi connectivity index (χ0) is 18.4. The summed E-state index contributed by atoms with van der Waals surface area (Å²) in [4.78, 5) is 0. The van der Waals surface area contributed by atoms with Gasteiger partial charge < -0.3 is 0 Å². The summed E-state index contributed by atoms with van der Waals surface area (Å²) in [7, 11) is 2.16. The highest BCUT2D eigenvalue weighted by atomic mass is 14.9. The third-order valence-electron chi connectivity index (χ3n) is 5.94. The molecule has 1 aliphatic carbocycles. The highest BCUT2D eigenvalue weighted by molar-refractivity contribution is 5.96. The van der Waals surface area contributed by atoms with Crippen molar-refractivity contribution in [1.29, 1.82) is 0 Å². The summed E-state index contributed by atoms with van der Waals surface area (Å²) in [6.07, 6.45) is 5.94. The third kappa shape index (κ3) is 2.75. The molecule has 0 saturated carbocycles. The molecular formula is C26H24N+. The van der Waals surface area contributed by atoms with Gasteiger partial charge in [0.05, 0.1) is 5.39 Å². The SMILES string of the molecule is Cc1cc2c(cc1-c1c3ccc(-c4ccccc4)cc3cc[n+]1C)CCC2. The first-order chi connectivity index (χ1) is 13.2. The Morgan fingerprint density at radius 1 is 0.778 bits per heavy atom. The van der Waals surface area contributed by atoms with Gasteiger partial charge in [-0.05, 0) is 77.6 Å². The fourth-order valence-electron chi connectivity index (χ4n) is 4.52. The van der Waals surface area contributed by atoms with Gasteiger partial charge in [-0.15, -0.1) is 0 Å². The van der Waals surface area contributed by atoms with Crippen LogP contribution in [-0.4, -0.2) is 0 Å². The molecule has 0 saturated heterocycles. The predicted molar refractivity (Wildman–Crippen MR) is 113 cm³/mol. The van der Waals surface area contributed by atoms with Crippen LogP contribution in [0.25, 0.3) is 33.2 Å². The zero-order valence-electron chi connectivity index (χ0n) is 16.0.